The molecular weight excluding hydrogens is 338 g/mol. The topological polar surface area (TPSA) is 52.6 Å². The van der Waals surface area contributed by atoms with Crippen molar-refractivity contribution in [1.29, 1.82) is 0 Å². The third-order valence-corrected chi connectivity index (χ3v) is 5.14. The monoisotopic (exact) mass is 363 g/mol. The van der Waals surface area contributed by atoms with Crippen molar-refractivity contribution in [3.63, 3.8) is 0 Å². The highest BCUT2D eigenvalue weighted by Crippen LogP contribution is 2.18. The van der Waals surface area contributed by atoms with Gasteiger partial charge in [-0.1, -0.05) is 18.2 Å². The Morgan fingerprint density at radius 3 is 2.71 bits per heavy atom. The molecule has 0 atom stereocenters. The van der Waals surface area contributed by atoms with Crippen LogP contribution in [0.2, 0.25) is 0 Å². The Morgan fingerprint density at radius 1 is 1.25 bits per heavy atom. The normalized spacial score (nSPS) is 11.4. The Kier molecular flexibility index (Phi) is 7.91. The SMILES string of the molecule is CCNC(=NCc1csc(N(C)C)n1)NCCSc1ccccc1. The number of guanidine groups is 1. The summed E-state index contributed by atoms with van der Waals surface area (Å²) in [5, 5.41) is 9.72. The van der Waals surface area contributed by atoms with E-state index < -0.39 is 0 Å². The van der Waals surface area contributed by atoms with E-state index in [0.29, 0.717) is 6.54 Å². The highest BCUT2D eigenvalue weighted by atomic mass is 32.2. The highest BCUT2D eigenvalue weighted by Gasteiger charge is 2.04. The fourth-order valence-corrected chi connectivity index (χ4v) is 3.47. The van der Waals surface area contributed by atoms with E-state index in [2.05, 4.69) is 57.2 Å². The average Bonchev–Trinajstić information content (AvgIpc) is 3.06. The van der Waals surface area contributed by atoms with Gasteiger partial charge in [-0.25, -0.2) is 9.98 Å². The van der Waals surface area contributed by atoms with Gasteiger partial charge in [-0.05, 0) is 19.1 Å². The molecule has 0 aliphatic heterocycles. The Balaban J connectivity index is 1.79. The molecule has 0 aliphatic carbocycles. The molecule has 2 N–H and O–H groups in total. The third-order valence-electron chi connectivity index (χ3n) is 3.07. The second-order valence-corrected chi connectivity index (χ2v) is 7.30. The van der Waals surface area contributed by atoms with Gasteiger partial charge in [0.15, 0.2) is 11.1 Å². The van der Waals surface area contributed by atoms with Crippen LogP contribution in [0.1, 0.15) is 12.6 Å². The van der Waals surface area contributed by atoms with Crippen LogP contribution in [-0.2, 0) is 6.54 Å². The summed E-state index contributed by atoms with van der Waals surface area (Å²) in [5.74, 6) is 1.83. The van der Waals surface area contributed by atoms with Crippen LogP contribution in [0.25, 0.3) is 0 Å². The van der Waals surface area contributed by atoms with E-state index in [-0.39, 0.29) is 0 Å². The molecule has 24 heavy (non-hydrogen) atoms. The van der Waals surface area contributed by atoms with Gasteiger partial charge < -0.3 is 15.5 Å². The van der Waals surface area contributed by atoms with Crippen molar-refractivity contribution < 1.29 is 0 Å². The maximum absolute atomic E-state index is 4.61. The number of aliphatic imine (C=N–C) groups is 1. The lowest BCUT2D eigenvalue weighted by Gasteiger charge is -2.10. The van der Waals surface area contributed by atoms with Gasteiger partial charge in [-0.2, -0.15) is 0 Å². The van der Waals surface area contributed by atoms with Crippen LogP contribution in [0, 0.1) is 0 Å². The lowest BCUT2D eigenvalue weighted by molar-refractivity contribution is 0.838. The van der Waals surface area contributed by atoms with E-state index in [4.69, 9.17) is 0 Å². The zero-order valence-corrected chi connectivity index (χ0v) is 16.1. The van der Waals surface area contributed by atoms with Crippen molar-refractivity contribution in [2.75, 3.05) is 37.8 Å². The molecule has 1 aromatic heterocycles. The number of nitrogens with one attached hydrogen (secondary N) is 2. The average molecular weight is 364 g/mol. The van der Waals surface area contributed by atoms with Crippen LogP contribution in [0.5, 0.6) is 0 Å². The number of rotatable bonds is 8. The Labute approximate surface area is 152 Å². The number of thiazole rings is 1. The summed E-state index contributed by atoms with van der Waals surface area (Å²) in [7, 11) is 4.00. The summed E-state index contributed by atoms with van der Waals surface area (Å²) < 4.78 is 0. The van der Waals surface area contributed by atoms with E-state index in [1.54, 1.807) is 11.3 Å². The molecule has 7 heteroatoms. The molecule has 130 valence electrons. The van der Waals surface area contributed by atoms with Crippen molar-refractivity contribution >= 4 is 34.2 Å². The summed E-state index contributed by atoms with van der Waals surface area (Å²) in [4.78, 5) is 12.5. The second-order valence-electron chi connectivity index (χ2n) is 5.30. The van der Waals surface area contributed by atoms with Gasteiger partial charge in [0.2, 0.25) is 0 Å². The fraction of sp³-hybridized carbons (Fsp3) is 0.412. The number of nitrogens with zero attached hydrogens (tertiary/aromatic N) is 3. The summed E-state index contributed by atoms with van der Waals surface area (Å²) in [5.41, 5.74) is 1.000. The molecule has 5 nitrogen and oxygen atoms in total. The van der Waals surface area contributed by atoms with E-state index in [0.717, 1.165) is 35.6 Å². The molecule has 0 unspecified atom stereocenters. The van der Waals surface area contributed by atoms with Crippen molar-refractivity contribution in [3.05, 3.63) is 41.4 Å². The van der Waals surface area contributed by atoms with Gasteiger partial charge in [0.05, 0.1) is 12.2 Å². The lowest BCUT2D eigenvalue weighted by atomic mass is 10.4. The molecule has 0 radical (unpaired) electrons. The zero-order chi connectivity index (χ0) is 17.2. The third kappa shape index (κ3) is 6.41. The maximum atomic E-state index is 4.61. The van der Waals surface area contributed by atoms with Gasteiger partial charge in [-0.3, -0.25) is 0 Å². The highest BCUT2D eigenvalue weighted by molar-refractivity contribution is 7.99. The van der Waals surface area contributed by atoms with Crippen LogP contribution in [0.4, 0.5) is 5.13 Å². The number of hydrogen-bond donors (Lipinski definition) is 2. The number of anilines is 1. The number of hydrogen-bond acceptors (Lipinski definition) is 5. The molecule has 0 aliphatic rings. The molecule has 1 aromatic carbocycles. The molecule has 0 amide bonds. The minimum Gasteiger partial charge on any atom is -0.357 e. The quantitative estimate of drug-likeness (QED) is 0.327. The Bertz CT molecular complexity index is 625. The largest absolute Gasteiger partial charge is 0.357 e. The van der Waals surface area contributed by atoms with Gasteiger partial charge in [-0.15, -0.1) is 23.1 Å². The Morgan fingerprint density at radius 2 is 2.04 bits per heavy atom. The van der Waals surface area contributed by atoms with E-state index in [1.165, 1.54) is 4.90 Å². The van der Waals surface area contributed by atoms with Gasteiger partial charge in [0.25, 0.3) is 0 Å². The molecular formula is C17H25N5S2. The van der Waals surface area contributed by atoms with Crippen LogP contribution in [-0.4, -0.2) is 43.9 Å². The molecule has 0 saturated heterocycles. The van der Waals surface area contributed by atoms with Crippen molar-refractivity contribution in [2.45, 2.75) is 18.4 Å². The van der Waals surface area contributed by atoms with Gasteiger partial charge in [0, 0.05) is 43.2 Å². The van der Waals surface area contributed by atoms with Crippen molar-refractivity contribution in [1.82, 2.24) is 15.6 Å². The summed E-state index contributed by atoms with van der Waals surface area (Å²) in [6, 6.07) is 10.4. The number of benzene rings is 1. The maximum Gasteiger partial charge on any atom is 0.191 e. The van der Waals surface area contributed by atoms with Crippen molar-refractivity contribution in [3.8, 4) is 0 Å². The van der Waals surface area contributed by atoms with Crippen LogP contribution >= 0.6 is 23.1 Å². The standard InChI is InChI=1S/C17H25N5S2/c1-4-18-16(19-10-11-23-15-8-6-5-7-9-15)20-12-14-13-24-17(21-14)22(2)3/h5-9,13H,4,10-12H2,1-3H3,(H2,18,19,20). The summed E-state index contributed by atoms with van der Waals surface area (Å²) >= 11 is 3.48. The van der Waals surface area contributed by atoms with Crippen LogP contribution < -0.4 is 15.5 Å². The minimum absolute atomic E-state index is 0.589. The smallest absolute Gasteiger partial charge is 0.191 e. The van der Waals surface area contributed by atoms with Crippen LogP contribution in [0.15, 0.2) is 45.6 Å². The fourth-order valence-electron chi connectivity index (χ4n) is 1.93. The minimum atomic E-state index is 0.589. The second kappa shape index (κ2) is 10.2. The molecule has 0 spiro atoms. The predicted octanol–water partition coefficient (Wildman–Crippen LogP) is 3.06. The van der Waals surface area contributed by atoms with Gasteiger partial charge in [0.1, 0.15) is 0 Å². The zero-order valence-electron chi connectivity index (χ0n) is 14.5. The first kappa shape index (κ1) is 18.6. The summed E-state index contributed by atoms with van der Waals surface area (Å²) in [6.07, 6.45) is 0. The predicted molar refractivity (Wildman–Crippen MR) is 106 cm³/mol. The number of thioether (sulfide) groups is 1. The number of aromatic nitrogens is 1. The molecule has 2 rings (SSSR count). The molecule has 0 saturated carbocycles. The first-order valence-corrected chi connectivity index (χ1v) is 9.87. The van der Waals surface area contributed by atoms with E-state index in [9.17, 15) is 0 Å². The summed E-state index contributed by atoms with van der Waals surface area (Å²) in [6.45, 7) is 4.37. The molecule has 2 aromatic rings. The Hall–Kier alpha value is -1.73. The first-order valence-electron chi connectivity index (χ1n) is 8.00. The lowest BCUT2D eigenvalue weighted by Crippen LogP contribution is -2.38. The molecule has 0 fully saturated rings. The van der Waals surface area contributed by atoms with E-state index in [1.807, 2.05) is 36.8 Å². The van der Waals surface area contributed by atoms with Crippen molar-refractivity contribution in [2.24, 2.45) is 4.99 Å². The van der Waals surface area contributed by atoms with Crippen LogP contribution in [0.3, 0.4) is 0 Å². The first-order chi connectivity index (χ1) is 11.7. The van der Waals surface area contributed by atoms with E-state index >= 15 is 0 Å². The van der Waals surface area contributed by atoms with Gasteiger partial charge >= 0.3 is 0 Å². The molecule has 0 bridgehead atoms. The molecule has 1 heterocycles.